The smallest absolute Gasteiger partial charge is 0.344 e. The first-order chi connectivity index (χ1) is 14.4. The van der Waals surface area contributed by atoms with Gasteiger partial charge in [-0.25, -0.2) is 9.59 Å². The Labute approximate surface area is 176 Å². The zero-order valence-electron chi connectivity index (χ0n) is 17.7. The van der Waals surface area contributed by atoms with Crippen molar-refractivity contribution < 1.29 is 28.6 Å². The van der Waals surface area contributed by atoms with Gasteiger partial charge in [-0.2, -0.15) is 0 Å². The van der Waals surface area contributed by atoms with Crippen molar-refractivity contribution in [2.45, 2.75) is 45.6 Å². The van der Waals surface area contributed by atoms with Gasteiger partial charge in [-0.15, -0.1) is 0 Å². The van der Waals surface area contributed by atoms with Gasteiger partial charge in [0.25, 0.3) is 5.91 Å². The van der Waals surface area contributed by atoms with Crippen molar-refractivity contribution in [1.29, 1.82) is 0 Å². The summed E-state index contributed by atoms with van der Waals surface area (Å²) in [4.78, 5) is 35.6. The lowest BCUT2D eigenvalue weighted by Gasteiger charge is -2.29. The van der Waals surface area contributed by atoms with Crippen LogP contribution in [-0.2, 0) is 14.3 Å². The average Bonchev–Trinajstić information content (AvgIpc) is 2.73. The van der Waals surface area contributed by atoms with Crippen molar-refractivity contribution >= 4 is 24.0 Å². The number of amides is 3. The number of carbonyl (C=O) groups is 3. The first-order valence-corrected chi connectivity index (χ1v) is 10.1. The van der Waals surface area contributed by atoms with Crippen LogP contribution in [0.2, 0.25) is 0 Å². The maximum Gasteiger partial charge on any atom is 0.344 e. The van der Waals surface area contributed by atoms with Gasteiger partial charge in [0.2, 0.25) is 0 Å². The van der Waals surface area contributed by atoms with E-state index < -0.39 is 31.1 Å². The SMILES string of the molecule is C/C=C/c1ccc(OCC(=O)OCC(=O)NC(=O)N[C@@H]2CCCC[C@H]2C)c(OC)c1. The molecule has 1 fully saturated rings. The summed E-state index contributed by atoms with van der Waals surface area (Å²) in [6.45, 7) is 3.03. The largest absolute Gasteiger partial charge is 0.493 e. The normalized spacial score (nSPS) is 18.5. The molecule has 0 bridgehead atoms. The predicted molar refractivity (Wildman–Crippen MR) is 112 cm³/mol. The molecule has 0 aromatic heterocycles. The Morgan fingerprint density at radius 1 is 1.13 bits per heavy atom. The number of urea groups is 1. The average molecular weight is 418 g/mol. The standard InChI is InChI=1S/C22H30N2O6/c1-4-7-16-10-11-18(19(12-16)28-3)29-14-21(26)30-13-20(25)24-22(27)23-17-9-6-5-8-15(17)2/h4,7,10-12,15,17H,5-6,8-9,13-14H2,1-3H3,(H2,23,24,25,27)/b7-4+/t15-,17-/m1/s1. The van der Waals surface area contributed by atoms with E-state index in [9.17, 15) is 14.4 Å². The lowest BCUT2D eigenvalue weighted by atomic mass is 9.86. The van der Waals surface area contributed by atoms with E-state index in [4.69, 9.17) is 14.2 Å². The van der Waals surface area contributed by atoms with Crippen LogP contribution in [0.4, 0.5) is 4.79 Å². The quantitative estimate of drug-likeness (QED) is 0.629. The summed E-state index contributed by atoms with van der Waals surface area (Å²) < 4.78 is 15.5. The number of rotatable bonds is 8. The minimum atomic E-state index is -0.731. The Balaban J connectivity index is 1.72. The molecule has 1 aliphatic carbocycles. The van der Waals surface area contributed by atoms with E-state index in [1.807, 2.05) is 25.1 Å². The first-order valence-electron chi connectivity index (χ1n) is 10.1. The lowest BCUT2D eigenvalue weighted by molar-refractivity contribution is -0.150. The van der Waals surface area contributed by atoms with Crippen LogP contribution in [0.15, 0.2) is 24.3 Å². The molecule has 3 amide bonds. The number of carbonyl (C=O) groups excluding carboxylic acids is 3. The Bertz CT molecular complexity index is 777. The van der Waals surface area contributed by atoms with Gasteiger partial charge in [-0.1, -0.05) is 38.0 Å². The second kappa shape index (κ2) is 11.8. The maximum atomic E-state index is 11.9. The Morgan fingerprint density at radius 2 is 1.90 bits per heavy atom. The van der Waals surface area contributed by atoms with Crippen LogP contribution in [0.3, 0.4) is 0 Å². The Morgan fingerprint density at radius 3 is 2.60 bits per heavy atom. The second-order valence-electron chi connectivity index (χ2n) is 7.25. The molecule has 1 aromatic carbocycles. The minimum absolute atomic E-state index is 0.0525. The zero-order chi connectivity index (χ0) is 21.9. The topological polar surface area (TPSA) is 103 Å². The number of ether oxygens (including phenoxy) is 3. The summed E-state index contributed by atoms with van der Waals surface area (Å²) in [5.74, 6) is -0.194. The summed E-state index contributed by atoms with van der Waals surface area (Å²) in [5, 5.41) is 4.99. The molecule has 0 saturated heterocycles. The fourth-order valence-corrected chi connectivity index (χ4v) is 3.32. The number of benzene rings is 1. The number of nitrogens with one attached hydrogen (secondary N) is 2. The van der Waals surface area contributed by atoms with E-state index in [2.05, 4.69) is 17.6 Å². The fourth-order valence-electron chi connectivity index (χ4n) is 3.32. The van der Waals surface area contributed by atoms with Crippen molar-refractivity contribution in [1.82, 2.24) is 10.6 Å². The fraction of sp³-hybridized carbons (Fsp3) is 0.500. The molecule has 0 unspecified atom stereocenters. The highest BCUT2D eigenvalue weighted by Crippen LogP contribution is 2.28. The highest BCUT2D eigenvalue weighted by Gasteiger charge is 2.23. The van der Waals surface area contributed by atoms with E-state index in [1.165, 1.54) is 7.11 Å². The van der Waals surface area contributed by atoms with E-state index in [-0.39, 0.29) is 6.04 Å². The van der Waals surface area contributed by atoms with Crippen molar-refractivity contribution in [3.05, 3.63) is 29.8 Å². The van der Waals surface area contributed by atoms with Crippen LogP contribution < -0.4 is 20.1 Å². The highest BCUT2D eigenvalue weighted by atomic mass is 16.6. The van der Waals surface area contributed by atoms with Gasteiger partial charge in [0, 0.05) is 6.04 Å². The van der Waals surface area contributed by atoms with Crippen LogP contribution in [0.1, 0.15) is 45.1 Å². The van der Waals surface area contributed by atoms with Gasteiger partial charge in [-0.3, -0.25) is 10.1 Å². The van der Waals surface area contributed by atoms with E-state index in [1.54, 1.807) is 12.1 Å². The molecule has 2 N–H and O–H groups in total. The van der Waals surface area contributed by atoms with Gasteiger partial charge in [0.15, 0.2) is 24.7 Å². The van der Waals surface area contributed by atoms with E-state index in [0.29, 0.717) is 17.4 Å². The number of hydrogen-bond donors (Lipinski definition) is 2. The molecular weight excluding hydrogens is 388 g/mol. The van der Waals surface area contributed by atoms with Gasteiger partial charge in [0.1, 0.15) is 0 Å². The molecule has 30 heavy (non-hydrogen) atoms. The van der Waals surface area contributed by atoms with E-state index in [0.717, 1.165) is 31.2 Å². The molecule has 1 aromatic rings. The third-order valence-corrected chi connectivity index (χ3v) is 4.94. The molecule has 164 valence electrons. The number of imide groups is 1. The highest BCUT2D eigenvalue weighted by molar-refractivity contribution is 5.95. The predicted octanol–water partition coefficient (Wildman–Crippen LogP) is 3.05. The molecular formula is C22H30N2O6. The van der Waals surface area contributed by atoms with Crippen molar-refractivity contribution in [2.24, 2.45) is 5.92 Å². The Kier molecular flexibility index (Phi) is 9.18. The van der Waals surface area contributed by atoms with Crippen molar-refractivity contribution in [3.63, 3.8) is 0 Å². The molecule has 0 heterocycles. The van der Waals surface area contributed by atoms with Crippen molar-refractivity contribution in [3.8, 4) is 11.5 Å². The summed E-state index contributed by atoms with van der Waals surface area (Å²) in [6.07, 6.45) is 7.97. The molecule has 0 radical (unpaired) electrons. The first kappa shape index (κ1) is 23.3. The summed E-state index contributed by atoms with van der Waals surface area (Å²) in [5.41, 5.74) is 0.932. The van der Waals surface area contributed by atoms with Crippen LogP contribution in [0, 0.1) is 5.92 Å². The minimum Gasteiger partial charge on any atom is -0.493 e. The lowest BCUT2D eigenvalue weighted by Crippen LogP contribution is -2.48. The van der Waals surface area contributed by atoms with Crippen LogP contribution >= 0.6 is 0 Å². The summed E-state index contributed by atoms with van der Waals surface area (Å²) in [7, 11) is 1.50. The maximum absolute atomic E-state index is 11.9. The number of methoxy groups -OCH3 is 1. The van der Waals surface area contributed by atoms with Crippen LogP contribution in [0.5, 0.6) is 11.5 Å². The molecule has 8 heteroatoms. The number of esters is 1. The van der Waals surface area contributed by atoms with E-state index >= 15 is 0 Å². The molecule has 2 atom stereocenters. The monoisotopic (exact) mass is 418 g/mol. The second-order valence-corrected chi connectivity index (χ2v) is 7.25. The van der Waals surface area contributed by atoms with Crippen LogP contribution in [0.25, 0.3) is 6.08 Å². The van der Waals surface area contributed by atoms with Gasteiger partial charge < -0.3 is 19.5 Å². The molecule has 1 aliphatic rings. The molecule has 0 aliphatic heterocycles. The van der Waals surface area contributed by atoms with Crippen molar-refractivity contribution in [2.75, 3.05) is 20.3 Å². The summed E-state index contributed by atoms with van der Waals surface area (Å²) >= 11 is 0. The molecule has 8 nitrogen and oxygen atoms in total. The zero-order valence-corrected chi connectivity index (χ0v) is 17.7. The Hall–Kier alpha value is -3.03. The summed E-state index contributed by atoms with van der Waals surface area (Å²) in [6, 6.07) is 4.77. The molecule has 2 rings (SSSR count). The van der Waals surface area contributed by atoms with Gasteiger partial charge in [0.05, 0.1) is 7.11 Å². The van der Waals surface area contributed by atoms with Gasteiger partial charge in [-0.05, 0) is 43.4 Å². The van der Waals surface area contributed by atoms with Gasteiger partial charge >= 0.3 is 12.0 Å². The molecule has 0 spiro atoms. The number of allylic oxidation sites excluding steroid dienone is 1. The third-order valence-electron chi connectivity index (χ3n) is 4.94. The molecule has 1 saturated carbocycles. The third kappa shape index (κ3) is 7.42. The number of hydrogen-bond acceptors (Lipinski definition) is 6. The van der Waals surface area contributed by atoms with Crippen LogP contribution in [-0.4, -0.2) is 44.3 Å².